The van der Waals surface area contributed by atoms with E-state index in [1.54, 1.807) is 13.0 Å². The molecule has 3 rings (SSSR count). The monoisotopic (exact) mass is 362 g/mol. The Morgan fingerprint density at radius 2 is 2.00 bits per heavy atom. The molecular weight excluding hydrogens is 334 g/mol. The first-order chi connectivity index (χ1) is 12.2. The molecule has 1 N–H and O–H groups in total. The summed E-state index contributed by atoms with van der Waals surface area (Å²) in [4.78, 5) is 16.9. The SMILES string of the molecule is CC1CCC=C(C(=O)NC2=CCCC3=C2[C@H](C)CC3(C)C)C(C(F)F)=N1. The van der Waals surface area contributed by atoms with Gasteiger partial charge in [-0.15, -0.1) is 0 Å². The number of alkyl halides is 2. The molecule has 0 bridgehead atoms. The van der Waals surface area contributed by atoms with Crippen molar-refractivity contribution in [1.29, 1.82) is 0 Å². The Morgan fingerprint density at radius 1 is 1.27 bits per heavy atom. The molecule has 3 nitrogen and oxygen atoms in total. The molecule has 0 aromatic rings. The third kappa shape index (κ3) is 3.53. The third-order valence-corrected chi connectivity index (χ3v) is 5.75. The Kier molecular flexibility index (Phi) is 5.18. The predicted molar refractivity (Wildman–Crippen MR) is 100 cm³/mol. The van der Waals surface area contributed by atoms with Crippen molar-refractivity contribution in [2.75, 3.05) is 0 Å². The minimum atomic E-state index is -2.74. The van der Waals surface area contributed by atoms with Crippen molar-refractivity contribution in [2.24, 2.45) is 16.3 Å². The van der Waals surface area contributed by atoms with Gasteiger partial charge in [0.05, 0.1) is 5.57 Å². The van der Waals surface area contributed by atoms with Crippen molar-refractivity contribution in [3.05, 3.63) is 34.6 Å². The van der Waals surface area contributed by atoms with Crippen LogP contribution in [0.3, 0.4) is 0 Å². The summed E-state index contributed by atoms with van der Waals surface area (Å²) in [5.74, 6) is -0.103. The average molecular weight is 362 g/mol. The van der Waals surface area contributed by atoms with Gasteiger partial charge in [0, 0.05) is 11.7 Å². The summed E-state index contributed by atoms with van der Waals surface area (Å²) in [5, 5.41) is 2.94. The molecule has 2 aliphatic carbocycles. The van der Waals surface area contributed by atoms with Crippen molar-refractivity contribution in [3.8, 4) is 0 Å². The summed E-state index contributed by atoms with van der Waals surface area (Å²) in [6.45, 7) is 8.47. The van der Waals surface area contributed by atoms with Gasteiger partial charge in [-0.1, -0.05) is 38.5 Å². The Morgan fingerprint density at radius 3 is 2.69 bits per heavy atom. The number of hydrogen-bond acceptors (Lipinski definition) is 2. The molecule has 0 fully saturated rings. The van der Waals surface area contributed by atoms with Gasteiger partial charge in [-0.05, 0) is 55.9 Å². The van der Waals surface area contributed by atoms with Gasteiger partial charge in [-0.25, -0.2) is 8.78 Å². The second-order valence-corrected chi connectivity index (χ2v) is 8.35. The lowest BCUT2D eigenvalue weighted by Crippen LogP contribution is -2.32. The Balaban J connectivity index is 1.87. The summed E-state index contributed by atoms with van der Waals surface area (Å²) in [7, 11) is 0. The number of carbonyl (C=O) groups excluding carboxylic acids is 1. The normalized spacial score (nSPS) is 28.2. The molecule has 26 heavy (non-hydrogen) atoms. The molecule has 0 radical (unpaired) electrons. The van der Waals surface area contributed by atoms with Gasteiger partial charge in [0.2, 0.25) is 0 Å². The van der Waals surface area contributed by atoms with Gasteiger partial charge in [-0.2, -0.15) is 0 Å². The van der Waals surface area contributed by atoms with Crippen LogP contribution >= 0.6 is 0 Å². The Bertz CT molecular complexity index is 728. The van der Waals surface area contributed by atoms with Gasteiger partial charge in [0.1, 0.15) is 5.71 Å². The van der Waals surface area contributed by atoms with E-state index >= 15 is 0 Å². The molecule has 1 unspecified atom stereocenters. The van der Waals surface area contributed by atoms with Crippen molar-refractivity contribution in [3.63, 3.8) is 0 Å². The van der Waals surface area contributed by atoms with Gasteiger partial charge in [0.15, 0.2) is 0 Å². The van der Waals surface area contributed by atoms with Crippen LogP contribution in [0.15, 0.2) is 39.6 Å². The second-order valence-electron chi connectivity index (χ2n) is 8.35. The largest absolute Gasteiger partial charge is 0.322 e. The van der Waals surface area contributed by atoms with E-state index in [2.05, 4.69) is 31.1 Å². The van der Waals surface area contributed by atoms with Gasteiger partial charge < -0.3 is 5.32 Å². The fourth-order valence-corrected chi connectivity index (χ4v) is 4.66. The number of halogens is 2. The lowest BCUT2D eigenvalue weighted by Gasteiger charge is -2.26. The Hall–Kier alpha value is -1.78. The highest BCUT2D eigenvalue weighted by molar-refractivity contribution is 6.23. The number of carbonyl (C=O) groups is 1. The molecule has 0 aromatic carbocycles. The number of nitrogens with one attached hydrogen (secondary N) is 1. The van der Waals surface area contributed by atoms with Crippen LogP contribution in [-0.4, -0.2) is 24.1 Å². The van der Waals surface area contributed by atoms with Crippen LogP contribution in [0, 0.1) is 11.3 Å². The number of hydrogen-bond donors (Lipinski definition) is 1. The topological polar surface area (TPSA) is 41.5 Å². The first-order valence-electron chi connectivity index (χ1n) is 9.52. The fourth-order valence-electron chi connectivity index (χ4n) is 4.66. The zero-order chi connectivity index (χ0) is 19.1. The maximum absolute atomic E-state index is 13.5. The van der Waals surface area contributed by atoms with Crippen LogP contribution in [0.1, 0.15) is 59.8 Å². The molecule has 1 aliphatic heterocycles. The van der Waals surface area contributed by atoms with E-state index < -0.39 is 12.3 Å². The lowest BCUT2D eigenvalue weighted by molar-refractivity contribution is -0.116. The van der Waals surface area contributed by atoms with Crippen molar-refractivity contribution in [1.82, 2.24) is 5.32 Å². The number of nitrogens with zero attached hydrogens (tertiary/aromatic N) is 1. The lowest BCUT2D eigenvalue weighted by atomic mass is 9.81. The van der Waals surface area contributed by atoms with Crippen LogP contribution in [-0.2, 0) is 4.79 Å². The number of amides is 1. The van der Waals surface area contributed by atoms with E-state index in [0.29, 0.717) is 18.8 Å². The van der Waals surface area contributed by atoms with Crippen LogP contribution in [0.25, 0.3) is 0 Å². The zero-order valence-corrected chi connectivity index (χ0v) is 16.0. The zero-order valence-electron chi connectivity index (χ0n) is 16.0. The predicted octanol–water partition coefficient (Wildman–Crippen LogP) is 4.96. The van der Waals surface area contributed by atoms with E-state index in [1.165, 1.54) is 11.1 Å². The highest BCUT2D eigenvalue weighted by Gasteiger charge is 2.39. The highest BCUT2D eigenvalue weighted by atomic mass is 19.3. The van der Waals surface area contributed by atoms with E-state index in [-0.39, 0.29) is 22.7 Å². The molecule has 142 valence electrons. The molecule has 1 heterocycles. The number of allylic oxidation sites excluding steroid dienone is 4. The molecular formula is C21H28F2N2O. The van der Waals surface area contributed by atoms with Crippen molar-refractivity contribution in [2.45, 2.75) is 72.3 Å². The third-order valence-electron chi connectivity index (χ3n) is 5.75. The molecule has 1 amide bonds. The Labute approximate surface area is 154 Å². The molecule has 0 aromatic heterocycles. The van der Waals surface area contributed by atoms with E-state index in [4.69, 9.17) is 0 Å². The molecule has 5 heteroatoms. The standard InChI is InChI=1S/C21H28F2N2O/c1-12-11-21(3,4)15-9-6-10-16(17(12)15)25-20(26)14-8-5-7-13(2)24-18(14)19(22)23/h8,10,12-13,19H,5-7,9,11H2,1-4H3,(H,25,26)/t12-,13?/m1/s1. The van der Waals surface area contributed by atoms with Crippen LogP contribution in [0.2, 0.25) is 0 Å². The molecule has 2 atom stereocenters. The van der Waals surface area contributed by atoms with Crippen LogP contribution in [0.5, 0.6) is 0 Å². The summed E-state index contributed by atoms with van der Waals surface area (Å²) in [6.07, 6.45) is 5.10. The minimum Gasteiger partial charge on any atom is -0.322 e. The average Bonchev–Trinajstić information content (AvgIpc) is 2.70. The van der Waals surface area contributed by atoms with Gasteiger partial charge in [-0.3, -0.25) is 9.79 Å². The van der Waals surface area contributed by atoms with Crippen LogP contribution in [0.4, 0.5) is 8.78 Å². The first kappa shape index (κ1) is 19.0. The summed E-state index contributed by atoms with van der Waals surface area (Å²) < 4.78 is 26.9. The maximum Gasteiger partial charge on any atom is 0.280 e. The number of aliphatic imine (C=N–C) groups is 1. The van der Waals surface area contributed by atoms with Gasteiger partial charge >= 0.3 is 0 Å². The number of rotatable bonds is 3. The van der Waals surface area contributed by atoms with Crippen molar-refractivity contribution < 1.29 is 13.6 Å². The molecule has 0 saturated carbocycles. The molecule has 3 aliphatic rings. The minimum absolute atomic E-state index is 0.0304. The highest BCUT2D eigenvalue weighted by Crippen LogP contribution is 2.51. The molecule has 0 saturated heterocycles. The fraction of sp³-hybridized carbons (Fsp3) is 0.619. The summed E-state index contributed by atoms with van der Waals surface area (Å²) in [6, 6.07) is -0.195. The smallest absolute Gasteiger partial charge is 0.280 e. The van der Waals surface area contributed by atoms with Crippen LogP contribution < -0.4 is 5.32 Å². The summed E-state index contributed by atoms with van der Waals surface area (Å²) >= 11 is 0. The van der Waals surface area contributed by atoms with E-state index in [9.17, 15) is 13.6 Å². The first-order valence-corrected chi connectivity index (χ1v) is 9.52. The second kappa shape index (κ2) is 7.09. The van der Waals surface area contributed by atoms with E-state index in [1.807, 2.05) is 6.08 Å². The van der Waals surface area contributed by atoms with Crippen molar-refractivity contribution >= 4 is 11.6 Å². The van der Waals surface area contributed by atoms with E-state index in [0.717, 1.165) is 25.0 Å². The molecule has 0 spiro atoms. The quantitative estimate of drug-likeness (QED) is 0.758. The van der Waals surface area contributed by atoms with Gasteiger partial charge in [0.25, 0.3) is 12.3 Å². The summed E-state index contributed by atoms with van der Waals surface area (Å²) in [5.41, 5.74) is 3.19. The maximum atomic E-state index is 13.5.